The lowest BCUT2D eigenvalue weighted by Gasteiger charge is -2.36. The van der Waals surface area contributed by atoms with E-state index in [2.05, 4.69) is 88.4 Å². The van der Waals surface area contributed by atoms with Crippen LogP contribution in [0.25, 0.3) is 10.6 Å². The van der Waals surface area contributed by atoms with E-state index in [4.69, 9.17) is 4.98 Å². The molecule has 0 fully saturated rings. The van der Waals surface area contributed by atoms with Crippen LogP contribution in [0.1, 0.15) is 40.2 Å². The van der Waals surface area contributed by atoms with Crippen LogP contribution in [-0.2, 0) is 21.4 Å². The molecule has 0 saturated heterocycles. The number of aryl methyl sites for hydroxylation is 1. The van der Waals surface area contributed by atoms with Gasteiger partial charge in [-0.3, -0.25) is 9.59 Å². The van der Waals surface area contributed by atoms with E-state index in [0.717, 1.165) is 50.0 Å². The lowest BCUT2D eigenvalue weighted by atomic mass is 9.66. The van der Waals surface area contributed by atoms with Crippen molar-refractivity contribution < 1.29 is 9.59 Å². The summed E-state index contributed by atoms with van der Waals surface area (Å²) in [5.41, 5.74) is 6.80. The Morgan fingerprint density at radius 1 is 0.844 bits per heavy atom. The lowest BCUT2D eigenvalue weighted by molar-refractivity contribution is -0.125. The first kappa shape index (κ1) is 28.5. The maximum Gasteiger partial charge on any atom is 0.228 e. The Labute approximate surface area is 266 Å². The molecule has 0 aliphatic carbocycles. The molecule has 45 heavy (non-hydrogen) atoms. The molecule has 0 spiro atoms. The van der Waals surface area contributed by atoms with E-state index in [1.807, 2.05) is 60.8 Å². The molecule has 2 amide bonds. The van der Waals surface area contributed by atoms with Gasteiger partial charge in [-0.25, -0.2) is 4.98 Å². The van der Waals surface area contributed by atoms with E-state index in [0.29, 0.717) is 12.1 Å². The number of aromatic nitrogens is 2. The van der Waals surface area contributed by atoms with Gasteiger partial charge in [0.05, 0.1) is 27.6 Å². The number of thiophene rings is 1. The molecular weight excluding hydrogens is 577 g/mol. The largest absolute Gasteiger partial charge is 0.344 e. The van der Waals surface area contributed by atoms with Gasteiger partial charge in [0, 0.05) is 12.1 Å². The molecule has 222 valence electrons. The summed E-state index contributed by atoms with van der Waals surface area (Å²) in [6, 6.07) is 41.1. The summed E-state index contributed by atoms with van der Waals surface area (Å²) in [5, 5.41) is 8.05. The minimum atomic E-state index is -0.723. The van der Waals surface area contributed by atoms with E-state index < -0.39 is 11.3 Å². The van der Waals surface area contributed by atoms with Crippen molar-refractivity contribution in [1.29, 1.82) is 0 Å². The zero-order chi connectivity index (χ0) is 30.8. The quantitative estimate of drug-likeness (QED) is 0.153. The number of H-pyrrole nitrogens is 1. The molecule has 4 aromatic carbocycles. The second-order valence-electron chi connectivity index (χ2n) is 11.4. The van der Waals surface area contributed by atoms with E-state index >= 15 is 0 Å². The monoisotopic (exact) mass is 608 g/mol. The highest BCUT2D eigenvalue weighted by molar-refractivity contribution is 7.14. The minimum Gasteiger partial charge on any atom is -0.344 e. The summed E-state index contributed by atoms with van der Waals surface area (Å²) in [7, 11) is 0. The minimum absolute atomic E-state index is 0.0872. The van der Waals surface area contributed by atoms with Crippen LogP contribution >= 0.6 is 11.3 Å². The highest BCUT2D eigenvalue weighted by atomic mass is 32.1. The van der Waals surface area contributed by atoms with E-state index in [1.165, 1.54) is 11.3 Å². The number of imidazole rings is 1. The number of carbonyl (C=O) groups is 2. The van der Waals surface area contributed by atoms with Gasteiger partial charge in [0.25, 0.3) is 0 Å². The molecule has 1 aliphatic rings. The number of hydrogen-bond acceptors (Lipinski definition) is 4. The fourth-order valence-corrected chi connectivity index (χ4v) is 7.36. The predicted octanol–water partition coefficient (Wildman–Crippen LogP) is 7.97. The molecule has 0 bridgehead atoms. The first-order valence-corrected chi connectivity index (χ1v) is 15.9. The summed E-state index contributed by atoms with van der Waals surface area (Å²) >= 11 is 1.53. The number of hydrogen-bond donors (Lipinski definition) is 3. The molecule has 2 aromatic heterocycles. The third kappa shape index (κ3) is 5.25. The van der Waals surface area contributed by atoms with Gasteiger partial charge in [-0.2, -0.15) is 0 Å². The smallest absolute Gasteiger partial charge is 0.228 e. The van der Waals surface area contributed by atoms with Crippen LogP contribution in [0.4, 0.5) is 11.4 Å². The van der Waals surface area contributed by atoms with Gasteiger partial charge < -0.3 is 15.6 Å². The zero-order valence-corrected chi connectivity index (χ0v) is 25.6. The Balaban J connectivity index is 1.30. The van der Waals surface area contributed by atoms with Crippen LogP contribution in [0.15, 0.2) is 127 Å². The second kappa shape index (κ2) is 12.0. The molecule has 1 atom stereocenters. The number of amides is 2. The van der Waals surface area contributed by atoms with E-state index in [9.17, 15) is 9.59 Å². The van der Waals surface area contributed by atoms with Crippen LogP contribution in [-0.4, -0.2) is 21.8 Å². The molecule has 3 heterocycles. The molecule has 0 saturated carbocycles. The first-order valence-electron chi connectivity index (χ1n) is 15.0. The van der Waals surface area contributed by atoms with Crippen LogP contribution < -0.4 is 10.6 Å². The number of fused-ring (bicyclic) bond motifs is 1. The molecule has 3 N–H and O–H groups in total. The van der Waals surface area contributed by atoms with Crippen molar-refractivity contribution in [3.05, 3.63) is 160 Å². The Morgan fingerprint density at radius 3 is 2.04 bits per heavy atom. The van der Waals surface area contributed by atoms with Gasteiger partial charge in [-0.05, 0) is 53.1 Å². The van der Waals surface area contributed by atoms with Gasteiger partial charge in [0.1, 0.15) is 11.5 Å². The number of nitrogens with zero attached hydrogens (tertiary/aromatic N) is 1. The number of anilines is 2. The van der Waals surface area contributed by atoms with Crippen molar-refractivity contribution in [1.82, 2.24) is 9.97 Å². The third-order valence-electron chi connectivity index (χ3n) is 8.52. The fourth-order valence-electron chi connectivity index (χ4n) is 6.52. The number of benzene rings is 4. The summed E-state index contributed by atoms with van der Waals surface area (Å²) in [4.78, 5) is 35.9. The molecule has 6 aromatic rings. The van der Waals surface area contributed by atoms with Crippen molar-refractivity contribution in [3.63, 3.8) is 0 Å². The standard InChI is InChI=1S/C38H32N4O2S/c1-25-39-34(35-32(21-22-45-35)41-33(43)24-27-23-26-13-11-12-20-31(26)42-37(27)44)36(40-25)38(28-14-5-2-6-15-28,29-16-7-3-8-17-29)30-18-9-4-10-19-30/h2-22,27H,23-24H2,1H3,(H,39,40)(H,41,43)(H,42,44). The average molecular weight is 609 g/mol. The predicted molar refractivity (Wildman–Crippen MR) is 180 cm³/mol. The van der Waals surface area contributed by atoms with Gasteiger partial charge in [-0.1, -0.05) is 109 Å². The topological polar surface area (TPSA) is 86.9 Å². The Kier molecular flexibility index (Phi) is 7.61. The Morgan fingerprint density at radius 2 is 1.42 bits per heavy atom. The van der Waals surface area contributed by atoms with Gasteiger partial charge in [-0.15, -0.1) is 11.3 Å². The van der Waals surface area contributed by atoms with Crippen molar-refractivity contribution in [3.8, 4) is 10.6 Å². The third-order valence-corrected chi connectivity index (χ3v) is 9.44. The molecule has 7 heteroatoms. The molecule has 0 radical (unpaired) electrons. The van der Waals surface area contributed by atoms with Gasteiger partial charge in [0.2, 0.25) is 11.8 Å². The summed E-state index contributed by atoms with van der Waals surface area (Å²) in [6.07, 6.45) is 0.617. The van der Waals surface area contributed by atoms with Gasteiger partial charge >= 0.3 is 0 Å². The van der Waals surface area contributed by atoms with E-state index in [-0.39, 0.29) is 18.2 Å². The van der Waals surface area contributed by atoms with Crippen LogP contribution in [0.3, 0.4) is 0 Å². The van der Waals surface area contributed by atoms with Gasteiger partial charge in [0.15, 0.2) is 0 Å². The first-order chi connectivity index (χ1) is 22.0. The van der Waals surface area contributed by atoms with Crippen molar-refractivity contribution >= 4 is 34.5 Å². The summed E-state index contributed by atoms with van der Waals surface area (Å²) in [6.45, 7) is 1.96. The molecular formula is C38H32N4O2S. The molecule has 1 unspecified atom stereocenters. The average Bonchev–Trinajstić information content (AvgIpc) is 3.69. The summed E-state index contributed by atoms with van der Waals surface area (Å²) in [5.74, 6) is 0.00357. The molecule has 7 rings (SSSR count). The normalized spacial score (nSPS) is 14.4. The second-order valence-corrected chi connectivity index (χ2v) is 12.3. The van der Waals surface area contributed by atoms with Crippen LogP contribution in [0.2, 0.25) is 0 Å². The number of aromatic amines is 1. The maximum absolute atomic E-state index is 13.5. The molecule has 6 nitrogen and oxygen atoms in total. The highest BCUT2D eigenvalue weighted by Gasteiger charge is 2.42. The lowest BCUT2D eigenvalue weighted by Crippen LogP contribution is -2.33. The maximum atomic E-state index is 13.5. The van der Waals surface area contributed by atoms with Crippen LogP contribution in [0, 0.1) is 12.8 Å². The van der Waals surface area contributed by atoms with Crippen molar-refractivity contribution in [2.45, 2.75) is 25.2 Å². The number of rotatable bonds is 8. The Bertz CT molecular complexity index is 1870. The summed E-state index contributed by atoms with van der Waals surface area (Å²) < 4.78 is 0. The van der Waals surface area contributed by atoms with E-state index in [1.54, 1.807) is 0 Å². The number of para-hydroxylation sites is 1. The zero-order valence-electron chi connectivity index (χ0n) is 24.8. The SMILES string of the molecule is Cc1nc(-c2sccc2NC(=O)CC2Cc3ccccc3NC2=O)c(C(c2ccccc2)(c2ccccc2)c2ccccc2)[nH]1. The Hall–Kier alpha value is -5.27. The molecule has 1 aliphatic heterocycles. The van der Waals surface area contributed by atoms with Crippen molar-refractivity contribution in [2.24, 2.45) is 5.92 Å². The number of nitrogens with one attached hydrogen (secondary N) is 3. The van der Waals surface area contributed by atoms with Crippen LogP contribution in [0.5, 0.6) is 0 Å². The van der Waals surface area contributed by atoms with Crippen molar-refractivity contribution in [2.75, 3.05) is 10.6 Å². The number of carbonyl (C=O) groups excluding carboxylic acids is 2. The highest BCUT2D eigenvalue weighted by Crippen LogP contribution is 2.49. The fraction of sp³-hybridized carbons (Fsp3) is 0.132.